The third kappa shape index (κ3) is 2.88. The fourth-order valence-corrected chi connectivity index (χ4v) is 4.12. The summed E-state index contributed by atoms with van der Waals surface area (Å²) in [7, 11) is 1.78. The zero-order valence-corrected chi connectivity index (χ0v) is 15.5. The molecular weight excluding hydrogens is 330 g/mol. The summed E-state index contributed by atoms with van der Waals surface area (Å²) < 4.78 is 12.9. The second-order valence-electron chi connectivity index (χ2n) is 7.11. The predicted molar refractivity (Wildman–Crippen MR) is 98.1 cm³/mol. The highest BCUT2D eigenvalue weighted by molar-refractivity contribution is 5.87. The average Bonchev–Trinajstić information content (AvgIpc) is 3.03. The van der Waals surface area contributed by atoms with E-state index < -0.39 is 0 Å². The summed E-state index contributed by atoms with van der Waals surface area (Å²) in [5.74, 6) is -0.0416. The molecule has 6 heteroatoms. The van der Waals surface area contributed by atoms with Gasteiger partial charge in [0, 0.05) is 30.8 Å². The molecule has 138 valence electrons. The standard InChI is InChI=1S/C20H25N3O3/c1-4-25-20(24)17-11-16(22-23(17)3)18-13-6-5-9-26-19(13)14-10-12(2)7-8-15(14)21-18/h7-8,10-11,13,18-19,21H,4-6,9H2,1-3H3/t13-,18+,19-/m1/s1. The molecule has 0 aliphatic carbocycles. The molecule has 0 amide bonds. The van der Waals surface area contributed by atoms with Crippen molar-refractivity contribution in [1.82, 2.24) is 9.78 Å². The Hall–Kier alpha value is -2.34. The molecule has 3 atom stereocenters. The van der Waals surface area contributed by atoms with Gasteiger partial charge in [-0.2, -0.15) is 5.10 Å². The maximum absolute atomic E-state index is 12.2. The number of anilines is 1. The van der Waals surface area contributed by atoms with Crippen LogP contribution < -0.4 is 5.32 Å². The molecule has 0 unspecified atom stereocenters. The van der Waals surface area contributed by atoms with E-state index in [0.717, 1.165) is 30.8 Å². The summed E-state index contributed by atoms with van der Waals surface area (Å²) in [5, 5.41) is 8.26. The highest BCUT2D eigenvalue weighted by atomic mass is 16.5. The SMILES string of the molecule is CCOC(=O)c1cc([C@H]2Nc3ccc(C)cc3[C@@H]3OCCC[C@H]23)nn1C. The minimum Gasteiger partial charge on any atom is -0.461 e. The minimum absolute atomic E-state index is 0.0184. The fraction of sp³-hybridized carbons (Fsp3) is 0.500. The topological polar surface area (TPSA) is 65.4 Å². The third-order valence-electron chi connectivity index (χ3n) is 5.32. The summed E-state index contributed by atoms with van der Waals surface area (Å²) in [6.07, 6.45) is 2.18. The van der Waals surface area contributed by atoms with E-state index in [9.17, 15) is 4.79 Å². The van der Waals surface area contributed by atoms with Crippen molar-refractivity contribution in [2.45, 2.75) is 38.8 Å². The summed E-state index contributed by atoms with van der Waals surface area (Å²) in [6.45, 7) is 5.05. The molecule has 6 nitrogen and oxygen atoms in total. The van der Waals surface area contributed by atoms with Crippen LogP contribution in [0.1, 0.15) is 59.2 Å². The van der Waals surface area contributed by atoms with Crippen molar-refractivity contribution in [3.8, 4) is 0 Å². The molecule has 1 N–H and O–H groups in total. The van der Waals surface area contributed by atoms with Gasteiger partial charge in [-0.1, -0.05) is 17.7 Å². The summed E-state index contributed by atoms with van der Waals surface area (Å²) in [4.78, 5) is 12.2. The van der Waals surface area contributed by atoms with Crippen LogP contribution >= 0.6 is 0 Å². The molecule has 0 bridgehead atoms. The Bertz CT molecular complexity index is 830. The van der Waals surface area contributed by atoms with Crippen LogP contribution in [0.15, 0.2) is 24.3 Å². The maximum atomic E-state index is 12.2. The molecule has 3 heterocycles. The number of hydrogen-bond donors (Lipinski definition) is 1. The van der Waals surface area contributed by atoms with Gasteiger partial charge in [0.25, 0.3) is 0 Å². The number of esters is 1. The Kier molecular flexibility index (Phi) is 4.44. The highest BCUT2D eigenvalue weighted by Gasteiger charge is 2.41. The van der Waals surface area contributed by atoms with Gasteiger partial charge >= 0.3 is 5.97 Å². The number of rotatable bonds is 3. The molecule has 1 fully saturated rings. The number of nitrogens with zero attached hydrogens (tertiary/aromatic N) is 2. The number of aromatic nitrogens is 2. The lowest BCUT2D eigenvalue weighted by Crippen LogP contribution is -2.36. The van der Waals surface area contributed by atoms with E-state index in [1.807, 2.05) is 6.07 Å². The van der Waals surface area contributed by atoms with Crippen LogP contribution in [-0.4, -0.2) is 29.0 Å². The Labute approximate surface area is 153 Å². The molecule has 2 aromatic rings. The first kappa shape index (κ1) is 17.1. The van der Waals surface area contributed by atoms with E-state index in [1.54, 1.807) is 18.7 Å². The van der Waals surface area contributed by atoms with Gasteiger partial charge in [-0.25, -0.2) is 4.79 Å². The zero-order chi connectivity index (χ0) is 18.3. The molecule has 1 aromatic carbocycles. The van der Waals surface area contributed by atoms with E-state index >= 15 is 0 Å². The van der Waals surface area contributed by atoms with Gasteiger partial charge in [0.05, 0.1) is 24.4 Å². The van der Waals surface area contributed by atoms with Gasteiger partial charge in [0.1, 0.15) is 5.69 Å². The van der Waals surface area contributed by atoms with Gasteiger partial charge in [0.15, 0.2) is 0 Å². The van der Waals surface area contributed by atoms with Crippen molar-refractivity contribution >= 4 is 11.7 Å². The number of ether oxygens (including phenoxy) is 2. The number of fused-ring (bicyclic) bond motifs is 3. The van der Waals surface area contributed by atoms with Crippen LogP contribution in [0.5, 0.6) is 0 Å². The Morgan fingerprint density at radius 2 is 2.27 bits per heavy atom. The molecule has 0 spiro atoms. The van der Waals surface area contributed by atoms with Crippen LogP contribution in [0.4, 0.5) is 5.69 Å². The quantitative estimate of drug-likeness (QED) is 0.853. The van der Waals surface area contributed by atoms with Crippen molar-refractivity contribution in [3.63, 3.8) is 0 Å². The monoisotopic (exact) mass is 355 g/mol. The number of hydrogen-bond acceptors (Lipinski definition) is 5. The molecule has 4 rings (SSSR count). The Morgan fingerprint density at radius 1 is 1.42 bits per heavy atom. The van der Waals surface area contributed by atoms with E-state index in [2.05, 4.69) is 35.5 Å². The minimum atomic E-state index is -0.336. The van der Waals surface area contributed by atoms with Crippen molar-refractivity contribution in [1.29, 1.82) is 0 Å². The molecule has 2 aliphatic heterocycles. The number of aryl methyl sites for hydroxylation is 2. The number of carbonyl (C=O) groups excluding carboxylic acids is 1. The predicted octanol–water partition coefficient (Wildman–Crippen LogP) is 3.54. The molecule has 0 saturated carbocycles. The molecular formula is C20H25N3O3. The van der Waals surface area contributed by atoms with Crippen LogP contribution in [-0.2, 0) is 16.5 Å². The van der Waals surface area contributed by atoms with Crippen molar-refractivity contribution < 1.29 is 14.3 Å². The van der Waals surface area contributed by atoms with Crippen LogP contribution in [0, 0.1) is 12.8 Å². The first-order valence-electron chi connectivity index (χ1n) is 9.28. The van der Waals surface area contributed by atoms with Gasteiger partial charge in [0.2, 0.25) is 0 Å². The molecule has 0 radical (unpaired) electrons. The lowest BCUT2D eigenvalue weighted by Gasteiger charge is -2.42. The van der Waals surface area contributed by atoms with Crippen LogP contribution in [0.25, 0.3) is 0 Å². The molecule has 2 aliphatic rings. The number of nitrogens with one attached hydrogen (secondary N) is 1. The maximum Gasteiger partial charge on any atom is 0.356 e. The van der Waals surface area contributed by atoms with Crippen molar-refractivity contribution in [3.05, 3.63) is 46.8 Å². The van der Waals surface area contributed by atoms with E-state index in [1.165, 1.54) is 11.1 Å². The highest BCUT2D eigenvalue weighted by Crippen LogP contribution is 2.49. The first-order valence-corrected chi connectivity index (χ1v) is 9.28. The smallest absolute Gasteiger partial charge is 0.356 e. The molecule has 1 saturated heterocycles. The summed E-state index contributed by atoms with van der Waals surface area (Å²) >= 11 is 0. The van der Waals surface area contributed by atoms with Crippen molar-refractivity contribution in [2.24, 2.45) is 13.0 Å². The van der Waals surface area contributed by atoms with E-state index in [0.29, 0.717) is 18.2 Å². The van der Waals surface area contributed by atoms with E-state index in [4.69, 9.17) is 9.47 Å². The average molecular weight is 355 g/mol. The Balaban J connectivity index is 1.71. The lowest BCUT2D eigenvalue weighted by molar-refractivity contribution is -0.0386. The fourth-order valence-electron chi connectivity index (χ4n) is 4.12. The second-order valence-corrected chi connectivity index (χ2v) is 7.11. The first-order chi connectivity index (χ1) is 12.6. The number of benzene rings is 1. The third-order valence-corrected chi connectivity index (χ3v) is 5.32. The van der Waals surface area contributed by atoms with Gasteiger partial charge < -0.3 is 14.8 Å². The summed E-state index contributed by atoms with van der Waals surface area (Å²) in [6, 6.07) is 8.30. The second kappa shape index (κ2) is 6.76. The summed E-state index contributed by atoms with van der Waals surface area (Å²) in [5.41, 5.74) is 4.90. The van der Waals surface area contributed by atoms with Crippen molar-refractivity contribution in [2.75, 3.05) is 18.5 Å². The van der Waals surface area contributed by atoms with Crippen LogP contribution in [0.2, 0.25) is 0 Å². The van der Waals surface area contributed by atoms with Gasteiger partial charge in [-0.05, 0) is 38.8 Å². The van der Waals surface area contributed by atoms with Gasteiger partial charge in [-0.15, -0.1) is 0 Å². The zero-order valence-electron chi connectivity index (χ0n) is 15.5. The Morgan fingerprint density at radius 3 is 3.08 bits per heavy atom. The molecule has 26 heavy (non-hydrogen) atoms. The molecule has 1 aromatic heterocycles. The van der Waals surface area contributed by atoms with Gasteiger partial charge in [-0.3, -0.25) is 4.68 Å². The van der Waals surface area contributed by atoms with Crippen LogP contribution in [0.3, 0.4) is 0 Å². The number of carbonyl (C=O) groups is 1. The lowest BCUT2D eigenvalue weighted by atomic mass is 9.78. The normalized spacial score (nSPS) is 24.3. The van der Waals surface area contributed by atoms with E-state index in [-0.39, 0.29) is 18.1 Å². The largest absolute Gasteiger partial charge is 0.461 e.